The van der Waals surface area contributed by atoms with Crippen molar-refractivity contribution in [3.63, 3.8) is 0 Å². The van der Waals surface area contributed by atoms with Crippen LogP contribution in [-0.4, -0.2) is 11.0 Å². The highest BCUT2D eigenvalue weighted by molar-refractivity contribution is 7.98. The summed E-state index contributed by atoms with van der Waals surface area (Å²) in [5, 5.41) is 12.6. The van der Waals surface area contributed by atoms with Gasteiger partial charge < -0.3 is 10.9 Å². The molecule has 0 atom stereocenters. The van der Waals surface area contributed by atoms with Gasteiger partial charge in [-0.2, -0.15) is 0 Å². The first-order chi connectivity index (χ1) is 10.0. The molecule has 0 spiro atoms. The monoisotopic (exact) mass is 344 g/mol. The summed E-state index contributed by atoms with van der Waals surface area (Å²) >= 11 is 13.3. The first kappa shape index (κ1) is 15.9. The summed E-state index contributed by atoms with van der Waals surface area (Å²) < 4.78 is 13.3. The van der Waals surface area contributed by atoms with Crippen molar-refractivity contribution in [1.29, 1.82) is 0 Å². The van der Waals surface area contributed by atoms with Crippen LogP contribution < -0.4 is 5.73 Å². The predicted molar refractivity (Wildman–Crippen MR) is 84.9 cm³/mol. The first-order valence-electron chi connectivity index (χ1n) is 5.85. The maximum absolute atomic E-state index is 13.3. The van der Waals surface area contributed by atoms with Crippen molar-refractivity contribution in [2.45, 2.75) is 10.6 Å². The lowest BCUT2D eigenvalue weighted by atomic mass is 10.1. The summed E-state index contributed by atoms with van der Waals surface area (Å²) in [6.45, 7) is 0. The Labute approximate surface area is 135 Å². The SMILES string of the molecule is NC(=NO)c1cc(F)ccc1CSc1ccc(Cl)c(Cl)c1. The Hall–Kier alpha value is -1.43. The van der Waals surface area contributed by atoms with Crippen LogP contribution in [0, 0.1) is 5.82 Å². The van der Waals surface area contributed by atoms with E-state index >= 15 is 0 Å². The van der Waals surface area contributed by atoms with Crippen molar-refractivity contribution in [3.8, 4) is 0 Å². The Kier molecular flexibility index (Phi) is 5.33. The third kappa shape index (κ3) is 4.03. The maximum Gasteiger partial charge on any atom is 0.170 e. The van der Waals surface area contributed by atoms with E-state index in [2.05, 4.69) is 5.16 Å². The van der Waals surface area contributed by atoms with Gasteiger partial charge in [0.05, 0.1) is 10.0 Å². The van der Waals surface area contributed by atoms with Crippen molar-refractivity contribution >= 4 is 40.8 Å². The van der Waals surface area contributed by atoms with Crippen molar-refractivity contribution < 1.29 is 9.60 Å². The summed E-state index contributed by atoms with van der Waals surface area (Å²) in [4.78, 5) is 0.916. The number of nitrogens with zero attached hydrogens (tertiary/aromatic N) is 1. The molecule has 3 nitrogen and oxygen atoms in total. The van der Waals surface area contributed by atoms with Crippen LogP contribution in [0.25, 0.3) is 0 Å². The van der Waals surface area contributed by atoms with E-state index in [0.717, 1.165) is 10.5 Å². The van der Waals surface area contributed by atoms with E-state index in [1.165, 1.54) is 23.9 Å². The molecule has 0 fully saturated rings. The Balaban J connectivity index is 2.21. The normalized spacial score (nSPS) is 11.7. The van der Waals surface area contributed by atoms with Gasteiger partial charge >= 0.3 is 0 Å². The average molecular weight is 345 g/mol. The van der Waals surface area contributed by atoms with Crippen LogP contribution in [0.2, 0.25) is 10.0 Å². The molecule has 0 unspecified atom stereocenters. The van der Waals surface area contributed by atoms with Crippen molar-refractivity contribution in [2.75, 3.05) is 0 Å². The zero-order chi connectivity index (χ0) is 15.4. The molecule has 2 aromatic carbocycles. The number of rotatable bonds is 4. The second kappa shape index (κ2) is 7.02. The molecule has 21 heavy (non-hydrogen) atoms. The third-order valence-electron chi connectivity index (χ3n) is 2.74. The topological polar surface area (TPSA) is 58.6 Å². The fourth-order valence-electron chi connectivity index (χ4n) is 1.69. The second-order valence-corrected chi connectivity index (χ2v) is 6.01. The number of hydrogen-bond donors (Lipinski definition) is 2. The minimum absolute atomic E-state index is 0.126. The van der Waals surface area contributed by atoms with Crippen LogP contribution in [0.3, 0.4) is 0 Å². The first-order valence-corrected chi connectivity index (χ1v) is 7.59. The number of nitrogens with two attached hydrogens (primary N) is 1. The van der Waals surface area contributed by atoms with Crippen LogP contribution in [0.1, 0.15) is 11.1 Å². The number of thioether (sulfide) groups is 1. The van der Waals surface area contributed by atoms with Crippen molar-refractivity contribution in [1.82, 2.24) is 0 Å². The third-order valence-corrected chi connectivity index (χ3v) is 4.52. The zero-order valence-electron chi connectivity index (χ0n) is 10.7. The molecule has 110 valence electrons. The Morgan fingerprint density at radius 1 is 1.19 bits per heavy atom. The van der Waals surface area contributed by atoms with E-state index in [9.17, 15) is 4.39 Å². The molecule has 0 saturated heterocycles. The molecule has 2 aromatic rings. The van der Waals surface area contributed by atoms with E-state index in [-0.39, 0.29) is 5.84 Å². The van der Waals surface area contributed by atoms with Gasteiger partial charge in [-0.25, -0.2) is 4.39 Å². The fraction of sp³-hybridized carbons (Fsp3) is 0.0714. The summed E-state index contributed by atoms with van der Waals surface area (Å²) in [5.74, 6) is -0.0526. The molecular formula is C14H11Cl2FN2OS. The standard InChI is InChI=1S/C14H11Cl2FN2OS/c15-12-4-3-10(6-13(12)16)21-7-8-1-2-9(17)5-11(8)14(18)19-20/h1-6,20H,7H2,(H2,18,19). The lowest BCUT2D eigenvalue weighted by Gasteiger charge is -2.09. The van der Waals surface area contributed by atoms with E-state index < -0.39 is 5.82 Å². The largest absolute Gasteiger partial charge is 0.409 e. The summed E-state index contributed by atoms with van der Waals surface area (Å²) in [6, 6.07) is 9.47. The van der Waals surface area contributed by atoms with Gasteiger partial charge in [-0.3, -0.25) is 0 Å². The minimum atomic E-state index is -0.445. The van der Waals surface area contributed by atoms with E-state index in [1.54, 1.807) is 18.2 Å². The number of amidine groups is 1. The lowest BCUT2D eigenvalue weighted by molar-refractivity contribution is 0.318. The molecule has 0 heterocycles. The summed E-state index contributed by atoms with van der Waals surface area (Å²) in [7, 11) is 0. The van der Waals surface area contributed by atoms with Gasteiger partial charge in [-0.1, -0.05) is 34.4 Å². The molecule has 7 heteroatoms. The fourth-order valence-corrected chi connectivity index (χ4v) is 3.00. The van der Waals surface area contributed by atoms with E-state index in [1.807, 2.05) is 6.07 Å². The average Bonchev–Trinajstić information content (AvgIpc) is 2.48. The van der Waals surface area contributed by atoms with Crippen LogP contribution in [0.15, 0.2) is 46.4 Å². The molecule has 0 aliphatic carbocycles. The number of halogens is 3. The molecule has 0 saturated carbocycles. The predicted octanol–water partition coefficient (Wildman–Crippen LogP) is 4.52. The molecular weight excluding hydrogens is 334 g/mol. The van der Waals surface area contributed by atoms with Crippen LogP contribution in [0.4, 0.5) is 4.39 Å². The van der Waals surface area contributed by atoms with Crippen molar-refractivity contribution in [3.05, 3.63) is 63.4 Å². The lowest BCUT2D eigenvalue weighted by Crippen LogP contribution is -2.15. The molecule has 3 N–H and O–H groups in total. The van der Waals surface area contributed by atoms with Crippen LogP contribution in [0.5, 0.6) is 0 Å². The molecule has 0 aromatic heterocycles. The number of oxime groups is 1. The number of hydrogen-bond acceptors (Lipinski definition) is 3. The maximum atomic E-state index is 13.3. The van der Waals surface area contributed by atoms with E-state index in [4.69, 9.17) is 34.1 Å². The molecule has 0 amide bonds. The van der Waals surface area contributed by atoms with Crippen molar-refractivity contribution in [2.24, 2.45) is 10.9 Å². The minimum Gasteiger partial charge on any atom is -0.409 e. The molecule has 0 bridgehead atoms. The molecule has 0 radical (unpaired) electrons. The highest BCUT2D eigenvalue weighted by Gasteiger charge is 2.10. The van der Waals surface area contributed by atoms with Gasteiger partial charge in [-0.15, -0.1) is 11.8 Å². The highest BCUT2D eigenvalue weighted by Crippen LogP contribution is 2.30. The summed E-state index contributed by atoms with van der Waals surface area (Å²) in [5.41, 5.74) is 6.68. The Morgan fingerprint density at radius 2 is 1.95 bits per heavy atom. The number of benzene rings is 2. The zero-order valence-corrected chi connectivity index (χ0v) is 13.0. The molecule has 0 aliphatic rings. The van der Waals surface area contributed by atoms with Crippen LogP contribution in [-0.2, 0) is 5.75 Å². The van der Waals surface area contributed by atoms with Gasteiger partial charge in [0.25, 0.3) is 0 Å². The quantitative estimate of drug-likeness (QED) is 0.282. The van der Waals surface area contributed by atoms with Gasteiger partial charge in [0.2, 0.25) is 0 Å². The van der Waals surface area contributed by atoms with Crippen LogP contribution >= 0.6 is 35.0 Å². The summed E-state index contributed by atoms with van der Waals surface area (Å²) in [6.07, 6.45) is 0. The van der Waals surface area contributed by atoms with Gasteiger partial charge in [0.15, 0.2) is 5.84 Å². The highest BCUT2D eigenvalue weighted by atomic mass is 35.5. The second-order valence-electron chi connectivity index (χ2n) is 4.15. The van der Waals surface area contributed by atoms with Gasteiger partial charge in [0.1, 0.15) is 5.82 Å². The Bertz CT molecular complexity index is 695. The molecule has 2 rings (SSSR count). The van der Waals surface area contributed by atoms with Gasteiger partial charge in [-0.05, 0) is 35.9 Å². The van der Waals surface area contributed by atoms with Gasteiger partial charge in [0, 0.05) is 16.2 Å². The molecule has 0 aliphatic heterocycles. The Morgan fingerprint density at radius 3 is 2.62 bits per heavy atom. The smallest absolute Gasteiger partial charge is 0.170 e. The van der Waals surface area contributed by atoms with E-state index in [0.29, 0.717) is 21.4 Å².